The predicted molar refractivity (Wildman–Crippen MR) is 74.9 cm³/mol. The first kappa shape index (κ1) is 13.8. The van der Waals surface area contributed by atoms with E-state index in [1.54, 1.807) is 6.07 Å². The standard InChI is InChI=1S/C14H9ClFN3O/c15-9-2-1-8(7-17)13(5-9)19-14(20)11-4-3-10(16)6-12(11)18/h1-6H,18H2,(H,19,20). The maximum atomic E-state index is 12.9. The molecule has 2 rings (SSSR count). The maximum absolute atomic E-state index is 12.9. The zero-order chi connectivity index (χ0) is 14.7. The lowest BCUT2D eigenvalue weighted by Crippen LogP contribution is -2.15. The van der Waals surface area contributed by atoms with Gasteiger partial charge in [-0.3, -0.25) is 4.79 Å². The van der Waals surface area contributed by atoms with Crippen molar-refractivity contribution in [2.24, 2.45) is 0 Å². The second-order valence-corrected chi connectivity index (χ2v) is 4.42. The number of halogens is 2. The minimum atomic E-state index is -0.540. The lowest BCUT2D eigenvalue weighted by Gasteiger charge is -2.09. The number of nitrogens with two attached hydrogens (primary N) is 1. The molecule has 3 N–H and O–H groups in total. The van der Waals surface area contributed by atoms with Crippen molar-refractivity contribution < 1.29 is 9.18 Å². The monoisotopic (exact) mass is 289 g/mol. The summed E-state index contributed by atoms with van der Waals surface area (Å²) in [7, 11) is 0. The number of anilines is 2. The quantitative estimate of drug-likeness (QED) is 0.833. The van der Waals surface area contributed by atoms with Crippen LogP contribution in [-0.2, 0) is 0 Å². The summed E-state index contributed by atoms with van der Waals surface area (Å²) in [4.78, 5) is 12.1. The average Bonchev–Trinajstić information content (AvgIpc) is 2.38. The molecule has 0 saturated carbocycles. The van der Waals surface area contributed by atoms with Crippen molar-refractivity contribution in [1.29, 1.82) is 5.26 Å². The Bertz CT molecular complexity index is 725. The van der Waals surface area contributed by atoms with E-state index in [1.807, 2.05) is 6.07 Å². The van der Waals surface area contributed by atoms with Crippen LogP contribution in [0.25, 0.3) is 0 Å². The Labute approximate surface area is 119 Å². The number of carbonyl (C=O) groups is 1. The van der Waals surface area contributed by atoms with Gasteiger partial charge in [0.15, 0.2) is 0 Å². The van der Waals surface area contributed by atoms with Gasteiger partial charge in [-0.25, -0.2) is 4.39 Å². The van der Waals surface area contributed by atoms with E-state index in [2.05, 4.69) is 5.32 Å². The summed E-state index contributed by atoms with van der Waals surface area (Å²) in [6.07, 6.45) is 0. The van der Waals surface area contributed by atoms with Crippen LogP contribution in [0, 0.1) is 17.1 Å². The first-order valence-corrected chi connectivity index (χ1v) is 5.95. The van der Waals surface area contributed by atoms with Gasteiger partial charge < -0.3 is 11.1 Å². The Hall–Kier alpha value is -2.58. The molecule has 0 bridgehead atoms. The van der Waals surface area contributed by atoms with Gasteiger partial charge in [-0.15, -0.1) is 0 Å². The van der Waals surface area contributed by atoms with E-state index >= 15 is 0 Å². The summed E-state index contributed by atoms with van der Waals surface area (Å²) in [6, 6.07) is 9.89. The Kier molecular flexibility index (Phi) is 3.87. The van der Waals surface area contributed by atoms with E-state index in [4.69, 9.17) is 22.6 Å². The summed E-state index contributed by atoms with van der Waals surface area (Å²) in [6.45, 7) is 0. The van der Waals surface area contributed by atoms with E-state index < -0.39 is 11.7 Å². The highest BCUT2D eigenvalue weighted by molar-refractivity contribution is 6.31. The Morgan fingerprint density at radius 1 is 1.30 bits per heavy atom. The van der Waals surface area contributed by atoms with Crippen LogP contribution < -0.4 is 11.1 Å². The molecule has 0 saturated heterocycles. The van der Waals surface area contributed by atoms with Gasteiger partial charge in [-0.05, 0) is 36.4 Å². The van der Waals surface area contributed by atoms with Crippen molar-refractivity contribution in [2.75, 3.05) is 11.1 Å². The molecule has 0 aliphatic heterocycles. The molecule has 0 atom stereocenters. The number of hydrogen-bond donors (Lipinski definition) is 2. The number of carbonyl (C=O) groups excluding carboxylic acids is 1. The smallest absolute Gasteiger partial charge is 0.257 e. The SMILES string of the molecule is N#Cc1ccc(Cl)cc1NC(=O)c1ccc(F)cc1N. The summed E-state index contributed by atoms with van der Waals surface area (Å²) in [5.74, 6) is -1.07. The fourth-order valence-corrected chi connectivity index (χ4v) is 1.82. The molecule has 6 heteroatoms. The molecule has 0 radical (unpaired) electrons. The first-order chi connectivity index (χ1) is 9.51. The van der Waals surface area contributed by atoms with Crippen LogP contribution in [0.3, 0.4) is 0 Å². The van der Waals surface area contributed by atoms with Gasteiger partial charge in [0.25, 0.3) is 5.91 Å². The van der Waals surface area contributed by atoms with Gasteiger partial charge in [-0.2, -0.15) is 5.26 Å². The van der Waals surface area contributed by atoms with E-state index in [0.29, 0.717) is 5.02 Å². The molecule has 0 fully saturated rings. The Balaban J connectivity index is 2.33. The second kappa shape index (κ2) is 5.59. The molecule has 0 spiro atoms. The van der Waals surface area contributed by atoms with Crippen molar-refractivity contribution in [1.82, 2.24) is 0 Å². The largest absolute Gasteiger partial charge is 0.398 e. The first-order valence-electron chi connectivity index (χ1n) is 5.57. The van der Waals surface area contributed by atoms with Gasteiger partial charge in [0.2, 0.25) is 0 Å². The van der Waals surface area contributed by atoms with E-state index in [1.165, 1.54) is 18.2 Å². The minimum absolute atomic E-state index is 0.0167. The number of hydrogen-bond acceptors (Lipinski definition) is 3. The molecule has 0 unspecified atom stereocenters. The fourth-order valence-electron chi connectivity index (χ4n) is 1.65. The summed E-state index contributed by atoms with van der Waals surface area (Å²) < 4.78 is 12.9. The third-order valence-electron chi connectivity index (χ3n) is 2.61. The second-order valence-electron chi connectivity index (χ2n) is 3.99. The van der Waals surface area contributed by atoms with E-state index in [-0.39, 0.29) is 22.5 Å². The van der Waals surface area contributed by atoms with Gasteiger partial charge in [0, 0.05) is 10.7 Å². The summed E-state index contributed by atoms with van der Waals surface area (Å²) >= 11 is 5.82. The molecule has 0 heterocycles. The molecular weight excluding hydrogens is 281 g/mol. The van der Waals surface area contributed by atoms with Crippen LogP contribution in [0.4, 0.5) is 15.8 Å². The van der Waals surface area contributed by atoms with Crippen LogP contribution >= 0.6 is 11.6 Å². The van der Waals surface area contributed by atoms with E-state index in [9.17, 15) is 9.18 Å². The average molecular weight is 290 g/mol. The van der Waals surface area contributed by atoms with Crippen LogP contribution in [0.5, 0.6) is 0 Å². The van der Waals surface area contributed by atoms with Crippen LogP contribution in [0.2, 0.25) is 5.02 Å². The zero-order valence-corrected chi connectivity index (χ0v) is 10.9. The van der Waals surface area contributed by atoms with Crippen LogP contribution in [-0.4, -0.2) is 5.91 Å². The number of nitrogens with one attached hydrogen (secondary N) is 1. The predicted octanol–water partition coefficient (Wildman–Crippen LogP) is 3.19. The Morgan fingerprint density at radius 3 is 2.70 bits per heavy atom. The molecule has 2 aromatic rings. The summed E-state index contributed by atoms with van der Waals surface area (Å²) in [5, 5.41) is 11.9. The highest BCUT2D eigenvalue weighted by atomic mass is 35.5. The van der Waals surface area contributed by atoms with Crippen molar-refractivity contribution in [3.63, 3.8) is 0 Å². The van der Waals surface area contributed by atoms with Crippen LogP contribution in [0.1, 0.15) is 15.9 Å². The highest BCUT2D eigenvalue weighted by Gasteiger charge is 2.13. The fraction of sp³-hybridized carbons (Fsp3) is 0. The van der Waals surface area contributed by atoms with E-state index in [0.717, 1.165) is 12.1 Å². The number of rotatable bonds is 2. The summed E-state index contributed by atoms with van der Waals surface area (Å²) in [5.41, 5.74) is 6.26. The lowest BCUT2D eigenvalue weighted by atomic mass is 10.1. The van der Waals surface area contributed by atoms with Gasteiger partial charge in [-0.1, -0.05) is 11.6 Å². The van der Waals surface area contributed by atoms with Crippen molar-refractivity contribution in [3.05, 3.63) is 58.4 Å². The third kappa shape index (κ3) is 2.87. The minimum Gasteiger partial charge on any atom is -0.398 e. The Morgan fingerprint density at radius 2 is 2.05 bits per heavy atom. The third-order valence-corrected chi connectivity index (χ3v) is 2.84. The molecule has 0 aliphatic rings. The topological polar surface area (TPSA) is 78.9 Å². The maximum Gasteiger partial charge on any atom is 0.257 e. The number of nitrogen functional groups attached to an aromatic ring is 1. The molecule has 0 aromatic heterocycles. The molecule has 100 valence electrons. The highest BCUT2D eigenvalue weighted by Crippen LogP contribution is 2.22. The number of benzene rings is 2. The van der Waals surface area contributed by atoms with Crippen LogP contribution in [0.15, 0.2) is 36.4 Å². The molecular formula is C14H9ClFN3O. The van der Waals surface area contributed by atoms with Crippen molar-refractivity contribution >= 4 is 28.9 Å². The molecule has 2 aromatic carbocycles. The number of amides is 1. The van der Waals surface area contributed by atoms with Gasteiger partial charge in [0.1, 0.15) is 11.9 Å². The molecule has 0 aliphatic carbocycles. The number of nitrogens with zero attached hydrogens (tertiary/aromatic N) is 1. The van der Waals surface area contributed by atoms with Crippen molar-refractivity contribution in [2.45, 2.75) is 0 Å². The normalized spacial score (nSPS) is 9.85. The molecule has 4 nitrogen and oxygen atoms in total. The molecule has 20 heavy (non-hydrogen) atoms. The van der Waals surface area contributed by atoms with Gasteiger partial charge in [0.05, 0.1) is 16.8 Å². The van der Waals surface area contributed by atoms with Gasteiger partial charge >= 0.3 is 0 Å². The zero-order valence-electron chi connectivity index (χ0n) is 10.2. The number of nitriles is 1. The van der Waals surface area contributed by atoms with Crippen molar-refractivity contribution in [3.8, 4) is 6.07 Å². The molecule has 1 amide bonds. The lowest BCUT2D eigenvalue weighted by molar-refractivity contribution is 0.102.